The highest BCUT2D eigenvalue weighted by molar-refractivity contribution is 7.23. The van der Waals surface area contributed by atoms with E-state index in [-0.39, 0.29) is 0 Å². The molecule has 3 nitrogen and oxygen atoms in total. The molecule has 4 heteroatoms. The van der Waals surface area contributed by atoms with Gasteiger partial charge in [-0.25, -0.2) is 4.98 Å². The Bertz CT molecular complexity index is 2020. The first-order valence-corrected chi connectivity index (χ1v) is 12.6. The van der Waals surface area contributed by atoms with E-state index >= 15 is 0 Å². The maximum atomic E-state index is 5.26. The molecule has 0 aliphatic carbocycles. The number of aromatic nitrogens is 3. The smallest absolute Gasteiger partial charge is 0.197 e. The van der Waals surface area contributed by atoms with Gasteiger partial charge >= 0.3 is 0 Å². The highest BCUT2D eigenvalue weighted by atomic mass is 32.1. The molecule has 35 heavy (non-hydrogen) atoms. The van der Waals surface area contributed by atoms with Gasteiger partial charge in [-0.2, -0.15) is 0 Å². The van der Waals surface area contributed by atoms with Gasteiger partial charge in [0.05, 0.1) is 21.3 Å². The van der Waals surface area contributed by atoms with Crippen molar-refractivity contribution in [2.24, 2.45) is 0 Å². The van der Waals surface area contributed by atoms with Crippen molar-refractivity contribution >= 4 is 59.1 Å². The van der Waals surface area contributed by atoms with Crippen molar-refractivity contribution in [3.8, 4) is 17.1 Å². The van der Waals surface area contributed by atoms with Crippen LogP contribution in [0, 0.1) is 0 Å². The summed E-state index contributed by atoms with van der Waals surface area (Å²) in [5.74, 6) is 1.09. The van der Waals surface area contributed by atoms with E-state index in [0.29, 0.717) is 0 Å². The lowest BCUT2D eigenvalue weighted by atomic mass is 10.0. The van der Waals surface area contributed by atoms with Crippen LogP contribution in [0.15, 0.2) is 115 Å². The second-order valence-electron chi connectivity index (χ2n) is 8.90. The zero-order valence-electron chi connectivity index (χ0n) is 18.7. The average molecular weight is 466 g/mol. The second-order valence-corrected chi connectivity index (χ2v) is 9.91. The van der Waals surface area contributed by atoms with Gasteiger partial charge in [0, 0.05) is 16.3 Å². The van der Waals surface area contributed by atoms with E-state index < -0.39 is 0 Å². The summed E-state index contributed by atoms with van der Waals surface area (Å²) >= 11 is 1.74. The lowest BCUT2D eigenvalue weighted by molar-refractivity contribution is 1.07. The van der Waals surface area contributed by atoms with Crippen LogP contribution >= 0.6 is 11.3 Å². The van der Waals surface area contributed by atoms with Crippen LogP contribution in [0.4, 0.5) is 0 Å². The first kappa shape index (κ1) is 19.0. The molecule has 0 aliphatic rings. The standard InChI is InChI=1S/C31H19N3S/c1-2-10-21-19-22(18-17-20(21)9-1)29-30(34-27-15-7-8-16-28(27)35-31(34)32-29)33-25-13-5-3-11-23(25)24-12-4-6-14-26(24)33/h1-19H. The number of para-hydroxylation sites is 3. The minimum atomic E-state index is 0.999. The van der Waals surface area contributed by atoms with Gasteiger partial charge in [0.2, 0.25) is 0 Å². The zero-order chi connectivity index (χ0) is 22.9. The van der Waals surface area contributed by atoms with Crippen molar-refractivity contribution in [2.75, 3.05) is 0 Å². The molecule has 0 N–H and O–H groups in total. The van der Waals surface area contributed by atoms with Gasteiger partial charge in [-0.15, -0.1) is 0 Å². The van der Waals surface area contributed by atoms with Crippen LogP contribution in [0.2, 0.25) is 0 Å². The summed E-state index contributed by atoms with van der Waals surface area (Å²) in [6, 6.07) is 41.1. The van der Waals surface area contributed by atoms with Crippen molar-refractivity contribution < 1.29 is 0 Å². The number of imidazole rings is 1. The molecule has 0 bridgehead atoms. The molecule has 0 saturated carbocycles. The van der Waals surface area contributed by atoms with Gasteiger partial charge in [0.15, 0.2) is 10.8 Å². The SMILES string of the molecule is c1ccc2cc(-c3nc4sc5ccccc5n4c3-n3c4ccccc4c4ccccc43)ccc2c1. The van der Waals surface area contributed by atoms with Crippen molar-refractivity contribution in [2.45, 2.75) is 0 Å². The van der Waals surface area contributed by atoms with Gasteiger partial charge in [-0.05, 0) is 41.1 Å². The number of hydrogen-bond acceptors (Lipinski definition) is 2. The van der Waals surface area contributed by atoms with Crippen LogP contribution in [0.3, 0.4) is 0 Å². The Morgan fingerprint density at radius 3 is 1.97 bits per heavy atom. The van der Waals surface area contributed by atoms with Crippen LogP contribution in [-0.2, 0) is 0 Å². The monoisotopic (exact) mass is 465 g/mol. The van der Waals surface area contributed by atoms with E-state index in [2.05, 4.69) is 124 Å². The molecule has 0 amide bonds. The molecular formula is C31H19N3S. The van der Waals surface area contributed by atoms with E-state index in [0.717, 1.165) is 22.0 Å². The van der Waals surface area contributed by atoms with E-state index in [4.69, 9.17) is 4.98 Å². The summed E-state index contributed by atoms with van der Waals surface area (Å²) in [5.41, 5.74) is 5.68. The molecule has 164 valence electrons. The molecule has 0 fully saturated rings. The molecule has 3 aromatic heterocycles. The molecule has 0 atom stereocenters. The summed E-state index contributed by atoms with van der Waals surface area (Å²) in [6.45, 7) is 0. The maximum absolute atomic E-state index is 5.26. The minimum Gasteiger partial charge on any atom is -0.293 e. The lowest BCUT2D eigenvalue weighted by Crippen LogP contribution is -2.00. The van der Waals surface area contributed by atoms with Crippen molar-refractivity contribution in [3.63, 3.8) is 0 Å². The Balaban J connectivity index is 1.58. The van der Waals surface area contributed by atoms with Gasteiger partial charge in [-0.3, -0.25) is 8.97 Å². The van der Waals surface area contributed by atoms with Crippen LogP contribution in [0.1, 0.15) is 0 Å². The summed E-state index contributed by atoms with van der Waals surface area (Å²) in [4.78, 5) is 6.26. The second kappa shape index (κ2) is 7.05. The fourth-order valence-corrected chi connectivity index (χ4v) is 6.41. The van der Waals surface area contributed by atoms with E-state index in [1.54, 1.807) is 11.3 Å². The van der Waals surface area contributed by atoms with E-state index in [1.165, 1.54) is 42.8 Å². The quantitative estimate of drug-likeness (QED) is 0.251. The number of hydrogen-bond donors (Lipinski definition) is 0. The Morgan fingerprint density at radius 2 is 1.20 bits per heavy atom. The molecule has 3 heterocycles. The van der Waals surface area contributed by atoms with Crippen LogP contribution in [-0.4, -0.2) is 14.0 Å². The maximum Gasteiger partial charge on any atom is 0.197 e. The molecule has 5 aromatic carbocycles. The van der Waals surface area contributed by atoms with E-state index in [1.807, 2.05) is 0 Å². The topological polar surface area (TPSA) is 22.2 Å². The van der Waals surface area contributed by atoms with Crippen molar-refractivity contribution in [3.05, 3.63) is 115 Å². The van der Waals surface area contributed by atoms with Crippen LogP contribution in [0.5, 0.6) is 0 Å². The molecule has 0 unspecified atom stereocenters. The van der Waals surface area contributed by atoms with Crippen molar-refractivity contribution in [1.82, 2.24) is 14.0 Å². The number of benzene rings is 5. The molecule has 8 rings (SSSR count). The fraction of sp³-hybridized carbons (Fsp3) is 0. The van der Waals surface area contributed by atoms with Gasteiger partial charge in [0.1, 0.15) is 5.69 Å². The Hall–Kier alpha value is -4.41. The third-order valence-corrected chi connectivity index (χ3v) is 7.97. The number of rotatable bonds is 2. The van der Waals surface area contributed by atoms with Gasteiger partial charge in [0.25, 0.3) is 0 Å². The largest absolute Gasteiger partial charge is 0.293 e. The minimum absolute atomic E-state index is 0.999. The summed E-state index contributed by atoms with van der Waals surface area (Å²) in [6.07, 6.45) is 0. The molecule has 0 spiro atoms. The highest BCUT2D eigenvalue weighted by Crippen LogP contribution is 2.40. The first-order valence-electron chi connectivity index (χ1n) is 11.7. The fourth-order valence-electron chi connectivity index (χ4n) is 5.39. The molecule has 8 aromatic rings. The normalized spacial score (nSPS) is 12.0. The average Bonchev–Trinajstić information content (AvgIpc) is 3.56. The van der Waals surface area contributed by atoms with Crippen molar-refractivity contribution in [1.29, 1.82) is 0 Å². The molecular weight excluding hydrogens is 446 g/mol. The summed E-state index contributed by atoms with van der Waals surface area (Å²) < 4.78 is 5.97. The Morgan fingerprint density at radius 1 is 0.571 bits per heavy atom. The third kappa shape index (κ3) is 2.63. The third-order valence-electron chi connectivity index (χ3n) is 6.94. The Labute approximate surface area is 205 Å². The predicted molar refractivity (Wildman–Crippen MR) is 148 cm³/mol. The summed E-state index contributed by atoms with van der Waals surface area (Å²) in [5, 5.41) is 4.96. The highest BCUT2D eigenvalue weighted by Gasteiger charge is 2.23. The lowest BCUT2D eigenvalue weighted by Gasteiger charge is -2.11. The number of nitrogens with zero attached hydrogens (tertiary/aromatic N) is 3. The van der Waals surface area contributed by atoms with Gasteiger partial charge in [-0.1, -0.05) is 96.3 Å². The Kier molecular flexibility index (Phi) is 3.82. The van der Waals surface area contributed by atoms with Crippen LogP contribution < -0.4 is 0 Å². The molecule has 0 radical (unpaired) electrons. The van der Waals surface area contributed by atoms with E-state index in [9.17, 15) is 0 Å². The number of thiazole rings is 1. The predicted octanol–water partition coefficient (Wildman–Crippen LogP) is 8.47. The first-order chi connectivity index (χ1) is 17.4. The molecule has 0 aliphatic heterocycles. The number of fused-ring (bicyclic) bond motifs is 7. The summed E-state index contributed by atoms with van der Waals surface area (Å²) in [7, 11) is 0. The van der Waals surface area contributed by atoms with Gasteiger partial charge < -0.3 is 0 Å². The molecule has 0 saturated heterocycles. The zero-order valence-corrected chi connectivity index (χ0v) is 19.5. The van der Waals surface area contributed by atoms with Crippen LogP contribution in [0.25, 0.3) is 64.8 Å².